The number of ether oxygens (including phenoxy) is 2. The Hall–Kier alpha value is -2.68. The highest BCUT2D eigenvalue weighted by Gasteiger charge is 2.30. The Morgan fingerprint density at radius 1 is 0.952 bits per heavy atom. The Kier molecular flexibility index (Phi) is 4.03. The predicted molar refractivity (Wildman–Crippen MR) is 69.1 cm³/mol. The fraction of sp³-hybridized carbons (Fsp3) is 0.133. The molecule has 0 aliphatic heterocycles. The van der Waals surface area contributed by atoms with E-state index in [-0.39, 0.29) is 5.75 Å². The lowest BCUT2D eigenvalue weighted by atomic mass is 10.1. The highest BCUT2D eigenvalue weighted by Crippen LogP contribution is 2.28. The third-order valence-electron chi connectivity index (χ3n) is 2.61. The molecule has 0 aromatic heterocycles. The van der Waals surface area contributed by atoms with Crippen molar-refractivity contribution in [3.63, 3.8) is 0 Å². The lowest BCUT2D eigenvalue weighted by molar-refractivity contribution is -0.274. The molecule has 0 heterocycles. The van der Waals surface area contributed by atoms with E-state index in [1.807, 2.05) is 6.07 Å². The summed E-state index contributed by atoms with van der Waals surface area (Å²) < 4.78 is 45.3. The molecule has 108 valence electrons. The maximum absolute atomic E-state index is 12.0. The monoisotopic (exact) mass is 293 g/mol. The lowest BCUT2D eigenvalue weighted by Gasteiger charge is -2.10. The summed E-state index contributed by atoms with van der Waals surface area (Å²) in [6.07, 6.45) is -4.72. The average Bonchev–Trinajstić information content (AvgIpc) is 2.40. The van der Waals surface area contributed by atoms with E-state index in [9.17, 15) is 13.2 Å². The van der Waals surface area contributed by atoms with Gasteiger partial charge in [-0.1, -0.05) is 0 Å². The van der Waals surface area contributed by atoms with Gasteiger partial charge in [-0.05, 0) is 55.0 Å². The number of hydrogen-bond donors (Lipinski definition) is 0. The minimum atomic E-state index is -4.72. The van der Waals surface area contributed by atoms with E-state index in [0.717, 1.165) is 5.56 Å². The van der Waals surface area contributed by atoms with Crippen LogP contribution in [-0.2, 0) is 0 Å². The quantitative estimate of drug-likeness (QED) is 0.833. The summed E-state index contributed by atoms with van der Waals surface area (Å²) in [6.45, 7) is 1.77. The van der Waals surface area contributed by atoms with Crippen molar-refractivity contribution in [2.24, 2.45) is 0 Å². The second-order valence-electron chi connectivity index (χ2n) is 4.21. The summed E-state index contributed by atoms with van der Waals surface area (Å²) in [5.74, 6) is 0.551. The van der Waals surface area contributed by atoms with Crippen LogP contribution in [-0.4, -0.2) is 6.36 Å². The normalized spacial score (nSPS) is 10.8. The zero-order valence-electron chi connectivity index (χ0n) is 10.9. The fourth-order valence-electron chi connectivity index (χ4n) is 1.67. The van der Waals surface area contributed by atoms with Gasteiger partial charge in [0.05, 0.1) is 11.6 Å². The van der Waals surface area contributed by atoms with E-state index in [1.165, 1.54) is 24.3 Å². The molecule has 0 unspecified atom stereocenters. The molecule has 0 atom stereocenters. The Morgan fingerprint density at radius 3 is 2.05 bits per heavy atom. The smallest absolute Gasteiger partial charge is 0.457 e. The number of nitriles is 1. The first-order valence-corrected chi connectivity index (χ1v) is 5.92. The van der Waals surface area contributed by atoms with Crippen LogP contribution in [0.4, 0.5) is 13.2 Å². The highest BCUT2D eigenvalue weighted by atomic mass is 19.4. The summed E-state index contributed by atoms with van der Waals surface area (Å²) in [4.78, 5) is 0. The van der Waals surface area contributed by atoms with Gasteiger partial charge in [-0.3, -0.25) is 0 Å². The van der Waals surface area contributed by atoms with Gasteiger partial charge in [0.15, 0.2) is 0 Å². The van der Waals surface area contributed by atoms with Gasteiger partial charge in [-0.2, -0.15) is 5.26 Å². The van der Waals surface area contributed by atoms with Crippen LogP contribution in [0.5, 0.6) is 17.2 Å². The molecule has 0 aliphatic carbocycles. The molecule has 0 spiro atoms. The first-order valence-electron chi connectivity index (χ1n) is 5.92. The van der Waals surface area contributed by atoms with E-state index >= 15 is 0 Å². The minimum absolute atomic E-state index is 0.314. The van der Waals surface area contributed by atoms with Crippen LogP contribution in [0.1, 0.15) is 11.1 Å². The summed E-state index contributed by atoms with van der Waals surface area (Å²) in [7, 11) is 0. The van der Waals surface area contributed by atoms with Crippen LogP contribution >= 0.6 is 0 Å². The minimum Gasteiger partial charge on any atom is -0.457 e. The number of nitrogens with zero attached hydrogens (tertiary/aromatic N) is 1. The second-order valence-corrected chi connectivity index (χ2v) is 4.21. The van der Waals surface area contributed by atoms with E-state index in [4.69, 9.17) is 10.00 Å². The molecule has 0 bridgehead atoms. The zero-order valence-corrected chi connectivity index (χ0v) is 10.9. The maximum atomic E-state index is 12.0. The second kappa shape index (κ2) is 5.75. The molecule has 0 radical (unpaired) electrons. The number of halogens is 3. The largest absolute Gasteiger partial charge is 0.573 e. The molecule has 0 saturated heterocycles. The van der Waals surface area contributed by atoms with Crippen molar-refractivity contribution in [1.82, 2.24) is 0 Å². The number of hydrogen-bond acceptors (Lipinski definition) is 3. The van der Waals surface area contributed by atoms with E-state index in [2.05, 4.69) is 4.74 Å². The molecule has 0 amide bonds. The molecule has 2 aromatic rings. The third-order valence-corrected chi connectivity index (χ3v) is 2.61. The van der Waals surface area contributed by atoms with Crippen LogP contribution in [0.25, 0.3) is 0 Å². The van der Waals surface area contributed by atoms with Crippen molar-refractivity contribution in [3.8, 4) is 23.3 Å². The number of alkyl halides is 3. The molecular formula is C15H10F3NO2. The molecule has 0 saturated carbocycles. The number of rotatable bonds is 3. The van der Waals surface area contributed by atoms with Gasteiger partial charge in [-0.15, -0.1) is 13.2 Å². The maximum Gasteiger partial charge on any atom is 0.573 e. The van der Waals surface area contributed by atoms with Gasteiger partial charge < -0.3 is 9.47 Å². The van der Waals surface area contributed by atoms with Crippen LogP contribution in [0.3, 0.4) is 0 Å². The molecular weight excluding hydrogens is 283 g/mol. The fourth-order valence-corrected chi connectivity index (χ4v) is 1.67. The summed E-state index contributed by atoms with van der Waals surface area (Å²) >= 11 is 0. The molecule has 21 heavy (non-hydrogen) atoms. The third kappa shape index (κ3) is 4.14. The molecule has 6 heteroatoms. The van der Waals surface area contributed by atoms with E-state index < -0.39 is 6.36 Å². The average molecular weight is 293 g/mol. The van der Waals surface area contributed by atoms with Crippen LogP contribution in [0.15, 0.2) is 42.5 Å². The molecule has 0 aliphatic rings. The zero-order chi connectivity index (χ0) is 15.5. The summed E-state index contributed by atoms with van der Waals surface area (Å²) in [6, 6.07) is 12.0. The van der Waals surface area contributed by atoms with E-state index in [0.29, 0.717) is 17.1 Å². The SMILES string of the molecule is Cc1cc(Oc2ccc(OC(F)(F)F)cc2)ccc1C#N. The van der Waals surface area contributed by atoms with Crippen molar-refractivity contribution >= 4 is 0 Å². The van der Waals surface area contributed by atoms with Gasteiger partial charge in [0.2, 0.25) is 0 Å². The van der Waals surface area contributed by atoms with Crippen molar-refractivity contribution in [2.75, 3.05) is 0 Å². The summed E-state index contributed by atoms with van der Waals surface area (Å²) in [5, 5.41) is 8.83. The van der Waals surface area contributed by atoms with Crippen molar-refractivity contribution in [1.29, 1.82) is 5.26 Å². The molecule has 0 N–H and O–H groups in total. The molecule has 2 rings (SSSR count). The number of aryl methyl sites for hydroxylation is 1. The molecule has 0 fully saturated rings. The van der Waals surface area contributed by atoms with Gasteiger partial charge in [0.1, 0.15) is 17.2 Å². The standard InChI is InChI=1S/C15H10F3NO2/c1-10-8-14(3-2-11(10)9-19)20-12-4-6-13(7-5-12)21-15(16,17)18/h2-8H,1H3. The highest BCUT2D eigenvalue weighted by molar-refractivity contribution is 5.43. The first kappa shape index (κ1) is 14.7. The van der Waals surface area contributed by atoms with Gasteiger partial charge in [0.25, 0.3) is 0 Å². The Bertz CT molecular complexity index is 673. The number of benzene rings is 2. The van der Waals surface area contributed by atoms with Crippen LogP contribution < -0.4 is 9.47 Å². The topological polar surface area (TPSA) is 42.2 Å². The van der Waals surface area contributed by atoms with Crippen LogP contribution in [0, 0.1) is 18.3 Å². The van der Waals surface area contributed by atoms with Crippen molar-refractivity contribution in [3.05, 3.63) is 53.6 Å². The van der Waals surface area contributed by atoms with E-state index in [1.54, 1.807) is 25.1 Å². The lowest BCUT2D eigenvalue weighted by Crippen LogP contribution is -2.16. The van der Waals surface area contributed by atoms with Crippen LogP contribution in [0.2, 0.25) is 0 Å². The Morgan fingerprint density at radius 2 is 1.52 bits per heavy atom. The Balaban J connectivity index is 2.10. The Labute approximate surface area is 119 Å². The summed E-state index contributed by atoms with van der Waals surface area (Å²) in [5.41, 5.74) is 1.29. The molecule has 3 nitrogen and oxygen atoms in total. The van der Waals surface area contributed by atoms with Gasteiger partial charge >= 0.3 is 6.36 Å². The first-order chi connectivity index (χ1) is 9.87. The van der Waals surface area contributed by atoms with Crippen molar-refractivity contribution in [2.45, 2.75) is 13.3 Å². The van der Waals surface area contributed by atoms with Crippen molar-refractivity contribution < 1.29 is 22.6 Å². The predicted octanol–water partition coefficient (Wildman–Crippen LogP) is 4.56. The molecule has 2 aromatic carbocycles. The van der Waals surface area contributed by atoms with Gasteiger partial charge in [0, 0.05) is 0 Å². The van der Waals surface area contributed by atoms with Gasteiger partial charge in [-0.25, -0.2) is 0 Å².